The number of hydrogen-bond donors (Lipinski definition) is 1. The Morgan fingerprint density at radius 3 is 2.72 bits per heavy atom. The van der Waals surface area contributed by atoms with Gasteiger partial charge < -0.3 is 5.32 Å². The smallest absolute Gasteiger partial charge is 0.266 e. The van der Waals surface area contributed by atoms with E-state index in [1.165, 1.54) is 10.4 Å². The van der Waals surface area contributed by atoms with Gasteiger partial charge in [-0.05, 0) is 43.5 Å². The lowest BCUT2D eigenvalue weighted by Crippen LogP contribution is -2.11. The fourth-order valence-electron chi connectivity index (χ4n) is 1.70. The molecule has 0 aliphatic carbocycles. The first-order chi connectivity index (χ1) is 8.60. The van der Waals surface area contributed by atoms with Gasteiger partial charge >= 0.3 is 0 Å². The maximum atomic E-state index is 12.0. The number of carbonyl (C=O) groups excluding carboxylic acids is 1. The molecular weight excluding hydrogens is 244 g/mol. The lowest BCUT2D eigenvalue weighted by atomic mass is 10.2. The number of nitrogens with zero attached hydrogens (tertiary/aromatic N) is 1. The molecule has 0 fully saturated rings. The van der Waals surface area contributed by atoms with Gasteiger partial charge in [-0.3, -0.25) is 4.79 Å². The van der Waals surface area contributed by atoms with Crippen LogP contribution in [-0.2, 0) is 6.42 Å². The Morgan fingerprint density at radius 1 is 1.39 bits per heavy atom. The lowest BCUT2D eigenvalue weighted by molar-refractivity contribution is 0.103. The molecule has 2 rings (SSSR count). The number of thiophene rings is 1. The Bertz CT molecular complexity index is 558. The van der Waals surface area contributed by atoms with Gasteiger partial charge in [0.2, 0.25) is 0 Å². The van der Waals surface area contributed by atoms with Crippen molar-refractivity contribution < 1.29 is 4.79 Å². The largest absolute Gasteiger partial charge is 0.306 e. The molecule has 0 atom stereocenters. The molecule has 3 nitrogen and oxygen atoms in total. The quantitative estimate of drug-likeness (QED) is 0.916. The van der Waals surface area contributed by atoms with Crippen molar-refractivity contribution >= 4 is 23.1 Å². The minimum absolute atomic E-state index is 0.0841. The Morgan fingerprint density at radius 2 is 2.17 bits per heavy atom. The number of pyridine rings is 1. The molecular formula is C14H16N2OS. The van der Waals surface area contributed by atoms with E-state index < -0.39 is 0 Å². The molecule has 0 saturated carbocycles. The standard InChI is InChI=1S/C14H16N2OS/c1-4-11-10(3)7-12(18-11)14(17)16-13-6-5-9(2)8-15-13/h5-8H,4H2,1-3H3,(H,15,16,17). The monoisotopic (exact) mass is 260 g/mol. The zero-order valence-electron chi connectivity index (χ0n) is 10.8. The Labute approximate surface area is 111 Å². The Hall–Kier alpha value is -1.68. The predicted octanol–water partition coefficient (Wildman–Crippen LogP) is 3.57. The predicted molar refractivity (Wildman–Crippen MR) is 75.4 cm³/mol. The number of rotatable bonds is 3. The van der Waals surface area contributed by atoms with Crippen LogP contribution in [0.3, 0.4) is 0 Å². The fraction of sp³-hybridized carbons (Fsp3) is 0.286. The van der Waals surface area contributed by atoms with Crippen LogP contribution in [0.1, 0.15) is 32.6 Å². The summed E-state index contributed by atoms with van der Waals surface area (Å²) in [6, 6.07) is 5.68. The number of aryl methyl sites for hydroxylation is 3. The zero-order valence-corrected chi connectivity index (χ0v) is 11.6. The van der Waals surface area contributed by atoms with E-state index >= 15 is 0 Å². The number of nitrogens with one attached hydrogen (secondary N) is 1. The highest BCUT2D eigenvalue weighted by molar-refractivity contribution is 7.14. The second-order valence-corrected chi connectivity index (χ2v) is 5.38. The summed E-state index contributed by atoms with van der Waals surface area (Å²) < 4.78 is 0. The molecule has 0 unspecified atom stereocenters. The van der Waals surface area contributed by atoms with Crippen LogP contribution >= 0.6 is 11.3 Å². The van der Waals surface area contributed by atoms with Crippen molar-refractivity contribution in [2.45, 2.75) is 27.2 Å². The molecule has 0 saturated heterocycles. The third-order valence-corrected chi connectivity index (χ3v) is 4.10. The topological polar surface area (TPSA) is 42.0 Å². The van der Waals surface area contributed by atoms with E-state index in [4.69, 9.17) is 0 Å². The molecule has 0 bridgehead atoms. The van der Waals surface area contributed by atoms with E-state index in [1.807, 2.05) is 32.0 Å². The van der Waals surface area contributed by atoms with E-state index in [-0.39, 0.29) is 5.91 Å². The summed E-state index contributed by atoms with van der Waals surface area (Å²) >= 11 is 1.55. The molecule has 2 heterocycles. The highest BCUT2D eigenvalue weighted by Gasteiger charge is 2.12. The van der Waals surface area contributed by atoms with Crippen molar-refractivity contribution in [1.82, 2.24) is 4.98 Å². The van der Waals surface area contributed by atoms with E-state index in [2.05, 4.69) is 17.2 Å². The number of hydrogen-bond acceptors (Lipinski definition) is 3. The minimum atomic E-state index is -0.0841. The van der Waals surface area contributed by atoms with Crippen LogP contribution in [0.15, 0.2) is 24.4 Å². The van der Waals surface area contributed by atoms with E-state index in [0.717, 1.165) is 16.9 Å². The van der Waals surface area contributed by atoms with E-state index in [0.29, 0.717) is 5.82 Å². The summed E-state index contributed by atoms with van der Waals surface area (Å²) in [5.41, 5.74) is 2.26. The van der Waals surface area contributed by atoms with Crippen molar-refractivity contribution in [3.63, 3.8) is 0 Å². The van der Waals surface area contributed by atoms with Gasteiger partial charge in [-0.15, -0.1) is 11.3 Å². The molecule has 0 aromatic carbocycles. The molecule has 4 heteroatoms. The van der Waals surface area contributed by atoms with Crippen LogP contribution in [0.5, 0.6) is 0 Å². The van der Waals surface area contributed by atoms with Crippen molar-refractivity contribution in [2.75, 3.05) is 5.32 Å². The molecule has 1 N–H and O–H groups in total. The van der Waals surface area contributed by atoms with Gasteiger partial charge in [-0.2, -0.15) is 0 Å². The molecule has 0 spiro atoms. The highest BCUT2D eigenvalue weighted by atomic mass is 32.1. The zero-order chi connectivity index (χ0) is 13.1. The number of amides is 1. The summed E-state index contributed by atoms with van der Waals surface area (Å²) in [5, 5.41) is 2.81. The molecule has 0 aliphatic heterocycles. The lowest BCUT2D eigenvalue weighted by Gasteiger charge is -2.02. The van der Waals surface area contributed by atoms with Crippen LogP contribution in [0, 0.1) is 13.8 Å². The molecule has 94 valence electrons. The first kappa shape index (κ1) is 12.8. The molecule has 0 radical (unpaired) electrons. The normalized spacial score (nSPS) is 10.4. The van der Waals surface area contributed by atoms with Gasteiger partial charge in [0.25, 0.3) is 5.91 Å². The minimum Gasteiger partial charge on any atom is -0.306 e. The van der Waals surface area contributed by atoms with Crippen molar-refractivity contribution in [2.24, 2.45) is 0 Å². The van der Waals surface area contributed by atoms with Crippen LogP contribution in [0.4, 0.5) is 5.82 Å². The second-order valence-electron chi connectivity index (χ2n) is 4.25. The molecule has 2 aromatic rings. The molecule has 2 aromatic heterocycles. The first-order valence-corrected chi connectivity index (χ1v) is 6.75. The summed E-state index contributed by atoms with van der Waals surface area (Å²) in [6.45, 7) is 6.10. The summed E-state index contributed by atoms with van der Waals surface area (Å²) in [7, 11) is 0. The van der Waals surface area contributed by atoms with Crippen LogP contribution in [-0.4, -0.2) is 10.9 Å². The van der Waals surface area contributed by atoms with Crippen molar-refractivity contribution in [3.8, 4) is 0 Å². The van der Waals surface area contributed by atoms with Crippen molar-refractivity contribution in [3.05, 3.63) is 45.3 Å². The summed E-state index contributed by atoms with van der Waals surface area (Å²) in [6.07, 6.45) is 2.71. The van der Waals surface area contributed by atoms with Gasteiger partial charge in [0.05, 0.1) is 4.88 Å². The summed E-state index contributed by atoms with van der Waals surface area (Å²) in [5.74, 6) is 0.508. The average molecular weight is 260 g/mol. The van der Waals surface area contributed by atoms with Crippen LogP contribution < -0.4 is 5.32 Å². The second kappa shape index (κ2) is 5.31. The maximum absolute atomic E-state index is 12.0. The van der Waals surface area contributed by atoms with E-state index in [1.54, 1.807) is 17.5 Å². The van der Waals surface area contributed by atoms with Gasteiger partial charge in [0, 0.05) is 11.1 Å². The van der Waals surface area contributed by atoms with Crippen LogP contribution in [0.25, 0.3) is 0 Å². The van der Waals surface area contributed by atoms with Gasteiger partial charge in [-0.25, -0.2) is 4.98 Å². The maximum Gasteiger partial charge on any atom is 0.266 e. The summed E-state index contributed by atoms with van der Waals surface area (Å²) in [4.78, 5) is 18.2. The van der Waals surface area contributed by atoms with Gasteiger partial charge in [0.15, 0.2) is 0 Å². The number of carbonyl (C=O) groups is 1. The SMILES string of the molecule is CCc1sc(C(=O)Nc2ccc(C)cn2)cc1C. The van der Waals surface area contributed by atoms with Gasteiger partial charge in [-0.1, -0.05) is 13.0 Å². The molecule has 0 aliphatic rings. The third kappa shape index (κ3) is 2.76. The van der Waals surface area contributed by atoms with Crippen LogP contribution in [0.2, 0.25) is 0 Å². The Balaban J connectivity index is 2.14. The number of anilines is 1. The highest BCUT2D eigenvalue weighted by Crippen LogP contribution is 2.23. The van der Waals surface area contributed by atoms with Crippen molar-refractivity contribution in [1.29, 1.82) is 0 Å². The first-order valence-electron chi connectivity index (χ1n) is 5.93. The van der Waals surface area contributed by atoms with Gasteiger partial charge in [0.1, 0.15) is 5.82 Å². The molecule has 18 heavy (non-hydrogen) atoms. The Kier molecular flexibility index (Phi) is 3.77. The fourth-order valence-corrected chi connectivity index (χ4v) is 2.71. The van der Waals surface area contributed by atoms with E-state index in [9.17, 15) is 4.79 Å². The number of aromatic nitrogens is 1. The third-order valence-electron chi connectivity index (χ3n) is 2.72. The molecule has 1 amide bonds. The average Bonchev–Trinajstić information content (AvgIpc) is 2.73.